The predicted octanol–water partition coefficient (Wildman–Crippen LogP) is 4.11. The highest BCUT2D eigenvalue weighted by atomic mass is 35.5. The van der Waals surface area contributed by atoms with Crippen LogP contribution in [-0.4, -0.2) is 32.8 Å². The van der Waals surface area contributed by atoms with Crippen molar-refractivity contribution < 1.29 is 9.18 Å². The van der Waals surface area contributed by atoms with Gasteiger partial charge in [-0.25, -0.2) is 13.9 Å². The lowest BCUT2D eigenvalue weighted by molar-refractivity contribution is 0.0756. The van der Waals surface area contributed by atoms with E-state index < -0.39 is 11.7 Å². The summed E-state index contributed by atoms with van der Waals surface area (Å²) >= 11 is 6.14. The molecule has 3 aromatic rings. The Hall–Kier alpha value is -2.67. The number of benzene rings is 1. The summed E-state index contributed by atoms with van der Waals surface area (Å²) in [5.74, 6) is -2.04. The van der Waals surface area contributed by atoms with Crippen molar-refractivity contribution in [3.63, 3.8) is 0 Å². The number of carbonyl (C=O) groups is 1. The molecule has 1 atom stereocenters. The third kappa shape index (κ3) is 4.78. The average molecular weight is 404 g/mol. The summed E-state index contributed by atoms with van der Waals surface area (Å²) in [6.07, 6.45) is 1.44. The van der Waals surface area contributed by atoms with Crippen molar-refractivity contribution in [3.05, 3.63) is 59.0 Å². The number of hydrogen-bond donors (Lipinski definition) is 2. The van der Waals surface area contributed by atoms with Crippen LogP contribution in [0.15, 0.2) is 42.6 Å². The molecule has 2 N–H and O–H groups in total. The minimum absolute atomic E-state index is 0.107. The van der Waals surface area contributed by atoms with Crippen LogP contribution in [0.4, 0.5) is 10.1 Å². The lowest BCUT2D eigenvalue weighted by Gasteiger charge is -2.21. The van der Waals surface area contributed by atoms with Gasteiger partial charge in [-0.3, -0.25) is 4.79 Å². The zero-order valence-electron chi connectivity index (χ0n) is 16.0. The van der Waals surface area contributed by atoms with E-state index in [0.717, 1.165) is 12.2 Å². The van der Waals surface area contributed by atoms with E-state index in [2.05, 4.69) is 34.6 Å². The van der Waals surface area contributed by atoms with E-state index >= 15 is 4.39 Å². The number of halogens is 2. The second-order valence-corrected chi connectivity index (χ2v) is 7.72. The first kappa shape index (κ1) is 20.1. The summed E-state index contributed by atoms with van der Waals surface area (Å²) in [7, 11) is 0. The fourth-order valence-corrected chi connectivity index (χ4v) is 3.02. The van der Waals surface area contributed by atoms with E-state index in [1.165, 1.54) is 11.4 Å². The molecule has 0 aliphatic carbocycles. The molecule has 0 saturated carbocycles. The van der Waals surface area contributed by atoms with E-state index in [-0.39, 0.29) is 11.6 Å². The van der Waals surface area contributed by atoms with Gasteiger partial charge in [-0.2, -0.15) is 5.10 Å². The maximum absolute atomic E-state index is 15.1. The summed E-state index contributed by atoms with van der Waals surface area (Å²) in [6.45, 7) is 6.24. The molecule has 0 aliphatic rings. The van der Waals surface area contributed by atoms with Crippen LogP contribution in [0.3, 0.4) is 0 Å². The third-order valence-electron chi connectivity index (χ3n) is 4.13. The molecule has 0 aliphatic heterocycles. The highest BCUT2D eigenvalue weighted by Gasteiger charge is 2.28. The zero-order chi connectivity index (χ0) is 20.3. The molecule has 0 spiro atoms. The third-order valence-corrected chi connectivity index (χ3v) is 4.32. The number of nitrogens with zero attached hydrogens (tertiary/aromatic N) is 3. The van der Waals surface area contributed by atoms with E-state index in [1.54, 1.807) is 42.6 Å². The second kappa shape index (κ2) is 8.14. The van der Waals surface area contributed by atoms with Gasteiger partial charge in [0.15, 0.2) is 16.6 Å². The van der Waals surface area contributed by atoms with Crippen LogP contribution in [-0.2, 0) is 6.42 Å². The van der Waals surface area contributed by atoms with Gasteiger partial charge in [-0.1, -0.05) is 43.6 Å². The number of hydrogen-bond acceptors (Lipinski definition) is 4. The van der Waals surface area contributed by atoms with Crippen LogP contribution < -0.4 is 10.6 Å². The Morgan fingerprint density at radius 1 is 1.32 bits per heavy atom. The quantitative estimate of drug-likeness (QED) is 0.582. The molecule has 148 valence electrons. The predicted molar refractivity (Wildman–Crippen MR) is 108 cm³/mol. The van der Waals surface area contributed by atoms with E-state index in [4.69, 9.17) is 11.6 Å². The van der Waals surface area contributed by atoms with Crippen molar-refractivity contribution in [3.8, 4) is 0 Å². The lowest BCUT2D eigenvalue weighted by atomic mass is 10.1. The maximum atomic E-state index is 15.1. The molecule has 0 radical (unpaired) electrons. The van der Waals surface area contributed by atoms with Crippen molar-refractivity contribution in [2.45, 2.75) is 33.0 Å². The van der Waals surface area contributed by atoms with Gasteiger partial charge in [0, 0.05) is 24.6 Å². The summed E-state index contributed by atoms with van der Waals surface area (Å²) in [4.78, 5) is 16.6. The first-order chi connectivity index (χ1) is 13.2. The van der Waals surface area contributed by atoms with Gasteiger partial charge in [0.2, 0.25) is 0 Å². The van der Waals surface area contributed by atoms with Gasteiger partial charge in [0.05, 0.1) is 17.6 Å². The fourth-order valence-electron chi connectivity index (χ4n) is 2.83. The van der Waals surface area contributed by atoms with Crippen LogP contribution >= 0.6 is 11.6 Å². The number of imidazole rings is 1. The normalized spacial score (nSPS) is 13.5. The average Bonchev–Trinajstić information content (AvgIpc) is 3.02. The van der Waals surface area contributed by atoms with Crippen molar-refractivity contribution >= 4 is 28.8 Å². The van der Waals surface area contributed by atoms with Gasteiger partial charge in [0.25, 0.3) is 5.91 Å². The van der Waals surface area contributed by atoms with E-state index in [0.29, 0.717) is 22.8 Å². The smallest absolute Gasteiger partial charge is 0.253 e. The first-order valence-electron chi connectivity index (χ1n) is 9.09. The lowest BCUT2D eigenvalue weighted by Crippen LogP contribution is -2.44. The SMILES string of the molecule is CC(C)CNc1cc(Cl)nn2c(CC(C)(F)NC(=O)c3ccccc3)cnc12. The number of rotatable bonds is 7. The van der Waals surface area contributed by atoms with Crippen LogP contribution in [0.5, 0.6) is 0 Å². The molecule has 6 nitrogen and oxygen atoms in total. The Labute approximate surface area is 168 Å². The van der Waals surface area contributed by atoms with Gasteiger partial charge >= 0.3 is 0 Å². The number of anilines is 1. The Kier molecular flexibility index (Phi) is 5.84. The summed E-state index contributed by atoms with van der Waals surface area (Å²) in [6, 6.07) is 10.2. The number of fused-ring (bicyclic) bond motifs is 1. The monoisotopic (exact) mass is 403 g/mol. The van der Waals surface area contributed by atoms with Gasteiger partial charge in [-0.05, 0) is 25.0 Å². The number of amides is 1. The molecule has 8 heteroatoms. The Morgan fingerprint density at radius 3 is 2.71 bits per heavy atom. The van der Waals surface area contributed by atoms with Crippen LogP contribution in [0.25, 0.3) is 5.65 Å². The highest BCUT2D eigenvalue weighted by Crippen LogP contribution is 2.23. The molecule has 1 amide bonds. The van der Waals surface area contributed by atoms with Crippen molar-refractivity contribution in [1.82, 2.24) is 19.9 Å². The Balaban J connectivity index is 1.82. The van der Waals surface area contributed by atoms with Crippen molar-refractivity contribution in [1.29, 1.82) is 0 Å². The molecular weight excluding hydrogens is 381 g/mol. The molecule has 2 heterocycles. The van der Waals surface area contributed by atoms with Gasteiger partial charge in [-0.15, -0.1) is 0 Å². The molecule has 28 heavy (non-hydrogen) atoms. The molecule has 1 unspecified atom stereocenters. The molecule has 1 aromatic carbocycles. The van der Waals surface area contributed by atoms with Crippen molar-refractivity contribution in [2.75, 3.05) is 11.9 Å². The number of aromatic nitrogens is 3. The molecule has 0 saturated heterocycles. The fraction of sp³-hybridized carbons (Fsp3) is 0.350. The number of alkyl halides is 1. The standard InChI is InChI=1S/C20H23ClFN5O/c1-13(2)11-23-16-9-17(21)26-27-15(12-24-18(16)27)10-20(3,22)25-19(28)14-7-5-4-6-8-14/h4-9,12-13,23H,10-11H2,1-3H3,(H,25,28). The molecule has 0 bridgehead atoms. The highest BCUT2D eigenvalue weighted by molar-refractivity contribution is 6.29. The topological polar surface area (TPSA) is 71.3 Å². The Bertz CT molecular complexity index is 971. The summed E-state index contributed by atoms with van der Waals surface area (Å²) in [5, 5.41) is 10.2. The first-order valence-corrected chi connectivity index (χ1v) is 9.46. The largest absolute Gasteiger partial charge is 0.382 e. The van der Waals surface area contributed by atoms with Crippen LogP contribution in [0.2, 0.25) is 5.15 Å². The van der Waals surface area contributed by atoms with Crippen molar-refractivity contribution in [2.24, 2.45) is 5.92 Å². The molecule has 0 fully saturated rings. The van der Waals surface area contributed by atoms with Gasteiger partial charge in [0.1, 0.15) is 0 Å². The summed E-state index contributed by atoms with van der Waals surface area (Å²) < 4.78 is 16.6. The van der Waals surface area contributed by atoms with Crippen LogP contribution in [0, 0.1) is 5.92 Å². The zero-order valence-corrected chi connectivity index (χ0v) is 16.8. The summed E-state index contributed by atoms with van der Waals surface area (Å²) in [5.41, 5.74) is 2.19. The minimum atomic E-state index is -1.99. The van der Waals surface area contributed by atoms with Gasteiger partial charge < -0.3 is 10.6 Å². The minimum Gasteiger partial charge on any atom is -0.382 e. The molecular formula is C20H23ClFN5O. The second-order valence-electron chi connectivity index (χ2n) is 7.33. The molecule has 2 aromatic heterocycles. The number of carbonyl (C=O) groups excluding carboxylic acids is 1. The van der Waals surface area contributed by atoms with Crippen LogP contribution in [0.1, 0.15) is 36.8 Å². The Morgan fingerprint density at radius 2 is 2.04 bits per heavy atom. The number of nitrogens with one attached hydrogen (secondary N) is 2. The van der Waals surface area contributed by atoms with E-state index in [9.17, 15) is 4.79 Å². The van der Waals surface area contributed by atoms with E-state index in [1.807, 2.05) is 0 Å². The maximum Gasteiger partial charge on any atom is 0.253 e. The molecule has 3 rings (SSSR count).